The van der Waals surface area contributed by atoms with Gasteiger partial charge in [-0.2, -0.15) is 5.10 Å². The average molecular weight is 303 g/mol. The van der Waals surface area contributed by atoms with Gasteiger partial charge in [-0.3, -0.25) is 4.68 Å². The monoisotopic (exact) mass is 302 g/mol. The Kier molecular flexibility index (Phi) is 6.03. The van der Waals surface area contributed by atoms with Gasteiger partial charge in [-0.25, -0.2) is 0 Å². The summed E-state index contributed by atoms with van der Waals surface area (Å²) in [4.78, 5) is 0.553. The molecule has 3 nitrogen and oxygen atoms in total. The highest BCUT2D eigenvalue weighted by Crippen LogP contribution is 2.24. The first-order valence-corrected chi connectivity index (χ1v) is 7.24. The molecule has 0 saturated carbocycles. The van der Waals surface area contributed by atoms with Crippen molar-refractivity contribution in [2.45, 2.75) is 51.4 Å². The molecule has 1 aromatic heterocycles. The molecule has 1 rings (SSSR count). The van der Waals surface area contributed by atoms with Crippen molar-refractivity contribution in [3.63, 3.8) is 0 Å². The van der Waals surface area contributed by atoms with E-state index in [0.29, 0.717) is 10.7 Å². The van der Waals surface area contributed by atoms with E-state index in [2.05, 4.69) is 46.5 Å². The van der Waals surface area contributed by atoms with Crippen molar-refractivity contribution in [1.29, 1.82) is 0 Å². The molecule has 1 unspecified atom stereocenters. The van der Waals surface area contributed by atoms with Crippen molar-refractivity contribution in [1.82, 2.24) is 9.78 Å². The van der Waals surface area contributed by atoms with E-state index in [0.717, 1.165) is 31.6 Å². The number of halogens is 1. The zero-order chi connectivity index (χ0) is 12.8. The van der Waals surface area contributed by atoms with Crippen LogP contribution >= 0.6 is 15.9 Å². The van der Waals surface area contributed by atoms with E-state index < -0.39 is 0 Å². The molecule has 0 aliphatic heterocycles. The lowest BCUT2D eigenvalue weighted by Crippen LogP contribution is -2.11. The Hall–Kier alpha value is -0.510. The SMILES string of the molecule is CCCn1ncc(OC)c1CCC(Br)C(C)C. The van der Waals surface area contributed by atoms with Crippen molar-refractivity contribution in [3.05, 3.63) is 11.9 Å². The van der Waals surface area contributed by atoms with Crippen LogP contribution in [0.4, 0.5) is 0 Å². The van der Waals surface area contributed by atoms with E-state index in [1.54, 1.807) is 7.11 Å². The molecule has 1 heterocycles. The Labute approximate surface area is 113 Å². The van der Waals surface area contributed by atoms with Crippen LogP contribution in [0.15, 0.2) is 6.20 Å². The molecule has 0 radical (unpaired) electrons. The lowest BCUT2D eigenvalue weighted by atomic mass is 10.0. The highest BCUT2D eigenvalue weighted by molar-refractivity contribution is 9.09. The number of nitrogens with zero attached hydrogens (tertiary/aromatic N) is 2. The largest absolute Gasteiger partial charge is 0.493 e. The Morgan fingerprint density at radius 1 is 1.47 bits per heavy atom. The molecule has 0 bridgehead atoms. The third kappa shape index (κ3) is 4.02. The standard InChI is InChI=1S/C13H23BrN2O/c1-5-8-16-12(13(17-4)9-15-16)7-6-11(14)10(2)3/h9-11H,5-8H2,1-4H3. The van der Waals surface area contributed by atoms with Gasteiger partial charge in [0.1, 0.15) is 0 Å². The maximum absolute atomic E-state index is 5.37. The van der Waals surface area contributed by atoms with Gasteiger partial charge in [0.25, 0.3) is 0 Å². The van der Waals surface area contributed by atoms with Crippen LogP contribution in [0, 0.1) is 5.92 Å². The number of rotatable bonds is 7. The van der Waals surface area contributed by atoms with Gasteiger partial charge in [0.05, 0.1) is 19.0 Å². The first kappa shape index (κ1) is 14.6. The van der Waals surface area contributed by atoms with Crippen LogP contribution in [0.1, 0.15) is 39.3 Å². The number of hydrogen-bond donors (Lipinski definition) is 0. The van der Waals surface area contributed by atoms with Crippen LogP contribution in [-0.4, -0.2) is 21.7 Å². The van der Waals surface area contributed by atoms with E-state index in [9.17, 15) is 0 Å². The zero-order valence-electron chi connectivity index (χ0n) is 11.2. The number of ether oxygens (including phenoxy) is 1. The second-order valence-electron chi connectivity index (χ2n) is 4.68. The second kappa shape index (κ2) is 7.04. The summed E-state index contributed by atoms with van der Waals surface area (Å²) >= 11 is 3.73. The van der Waals surface area contributed by atoms with Crippen LogP contribution < -0.4 is 4.74 Å². The molecule has 0 spiro atoms. The molecular weight excluding hydrogens is 280 g/mol. The van der Waals surface area contributed by atoms with Crippen molar-refractivity contribution >= 4 is 15.9 Å². The van der Waals surface area contributed by atoms with Gasteiger partial charge < -0.3 is 4.74 Å². The number of hydrogen-bond acceptors (Lipinski definition) is 2. The zero-order valence-corrected chi connectivity index (χ0v) is 12.8. The minimum absolute atomic E-state index is 0.553. The summed E-state index contributed by atoms with van der Waals surface area (Å²) in [6.07, 6.45) is 5.05. The van der Waals surface area contributed by atoms with Gasteiger partial charge >= 0.3 is 0 Å². The summed E-state index contributed by atoms with van der Waals surface area (Å²) < 4.78 is 7.43. The van der Waals surface area contributed by atoms with Crippen LogP contribution in [0.2, 0.25) is 0 Å². The molecule has 17 heavy (non-hydrogen) atoms. The van der Waals surface area contributed by atoms with E-state index in [-0.39, 0.29) is 0 Å². The Morgan fingerprint density at radius 3 is 2.71 bits per heavy atom. The van der Waals surface area contributed by atoms with E-state index in [4.69, 9.17) is 4.74 Å². The van der Waals surface area contributed by atoms with E-state index >= 15 is 0 Å². The smallest absolute Gasteiger partial charge is 0.159 e. The third-order valence-corrected chi connectivity index (χ3v) is 4.46. The molecule has 0 amide bonds. The predicted octanol–water partition coefficient (Wildman–Crippen LogP) is 3.65. The van der Waals surface area contributed by atoms with Crippen LogP contribution in [0.3, 0.4) is 0 Å². The van der Waals surface area contributed by atoms with E-state index in [1.807, 2.05) is 6.20 Å². The molecule has 0 N–H and O–H groups in total. The third-order valence-electron chi connectivity index (χ3n) is 2.95. The highest BCUT2D eigenvalue weighted by atomic mass is 79.9. The first-order chi connectivity index (χ1) is 8.10. The summed E-state index contributed by atoms with van der Waals surface area (Å²) in [5, 5.41) is 4.38. The van der Waals surface area contributed by atoms with Crippen molar-refractivity contribution in [2.24, 2.45) is 5.92 Å². The Bertz CT molecular complexity index is 336. The summed E-state index contributed by atoms with van der Waals surface area (Å²) in [6, 6.07) is 0. The number of aromatic nitrogens is 2. The quantitative estimate of drug-likeness (QED) is 0.719. The molecule has 4 heteroatoms. The predicted molar refractivity (Wildman–Crippen MR) is 74.9 cm³/mol. The molecule has 1 aromatic rings. The molecule has 1 atom stereocenters. The van der Waals surface area contributed by atoms with Crippen LogP contribution in [-0.2, 0) is 13.0 Å². The van der Waals surface area contributed by atoms with Gasteiger partial charge in [0.15, 0.2) is 5.75 Å². The Balaban J connectivity index is 2.70. The molecule has 0 fully saturated rings. The van der Waals surface area contributed by atoms with Gasteiger partial charge in [-0.1, -0.05) is 36.7 Å². The minimum Gasteiger partial charge on any atom is -0.493 e. The molecule has 0 aliphatic rings. The summed E-state index contributed by atoms with van der Waals surface area (Å²) in [5.74, 6) is 1.57. The van der Waals surface area contributed by atoms with Gasteiger partial charge in [-0.05, 0) is 25.2 Å². The number of aryl methyl sites for hydroxylation is 1. The van der Waals surface area contributed by atoms with Gasteiger partial charge in [-0.15, -0.1) is 0 Å². The average Bonchev–Trinajstić information content (AvgIpc) is 2.68. The number of methoxy groups -OCH3 is 1. The lowest BCUT2D eigenvalue weighted by molar-refractivity contribution is 0.404. The normalized spacial score (nSPS) is 13.1. The van der Waals surface area contributed by atoms with Crippen LogP contribution in [0.25, 0.3) is 0 Å². The molecule has 0 saturated heterocycles. The number of alkyl halides is 1. The Morgan fingerprint density at radius 2 is 2.18 bits per heavy atom. The van der Waals surface area contributed by atoms with E-state index in [1.165, 1.54) is 5.69 Å². The maximum atomic E-state index is 5.37. The summed E-state index contributed by atoms with van der Waals surface area (Å²) in [6.45, 7) is 7.60. The lowest BCUT2D eigenvalue weighted by Gasteiger charge is -2.14. The molecule has 0 aliphatic carbocycles. The summed E-state index contributed by atoms with van der Waals surface area (Å²) in [7, 11) is 1.71. The first-order valence-electron chi connectivity index (χ1n) is 6.32. The topological polar surface area (TPSA) is 27.1 Å². The fourth-order valence-electron chi connectivity index (χ4n) is 1.83. The second-order valence-corrected chi connectivity index (χ2v) is 5.86. The fraction of sp³-hybridized carbons (Fsp3) is 0.769. The minimum atomic E-state index is 0.553. The van der Waals surface area contributed by atoms with Crippen molar-refractivity contribution in [3.8, 4) is 5.75 Å². The highest BCUT2D eigenvalue weighted by Gasteiger charge is 2.14. The maximum Gasteiger partial charge on any atom is 0.159 e. The van der Waals surface area contributed by atoms with Gasteiger partial charge in [0, 0.05) is 11.4 Å². The van der Waals surface area contributed by atoms with Gasteiger partial charge in [0.2, 0.25) is 0 Å². The van der Waals surface area contributed by atoms with Crippen LogP contribution in [0.5, 0.6) is 5.75 Å². The molecule has 0 aromatic carbocycles. The fourth-order valence-corrected chi connectivity index (χ4v) is 2.06. The van der Waals surface area contributed by atoms with Crippen molar-refractivity contribution in [2.75, 3.05) is 7.11 Å². The molecular formula is C13H23BrN2O. The van der Waals surface area contributed by atoms with Crippen molar-refractivity contribution < 1.29 is 4.74 Å². The molecule has 98 valence electrons. The summed E-state index contributed by atoms with van der Waals surface area (Å²) in [5.41, 5.74) is 1.22.